The molecule has 0 atom stereocenters. The lowest BCUT2D eigenvalue weighted by Crippen LogP contribution is -2.06. The van der Waals surface area contributed by atoms with E-state index in [1.54, 1.807) is 0 Å². The summed E-state index contributed by atoms with van der Waals surface area (Å²) in [6, 6.07) is 23.6. The van der Waals surface area contributed by atoms with Crippen LogP contribution in [0, 0.1) is 23.2 Å². The first kappa shape index (κ1) is 21.8. The number of hydrogen-bond donors (Lipinski definition) is 1. The van der Waals surface area contributed by atoms with Gasteiger partial charge in [0.2, 0.25) is 0 Å². The Morgan fingerprint density at radius 1 is 0.733 bits per heavy atom. The summed E-state index contributed by atoms with van der Waals surface area (Å²) in [5.41, 5.74) is 15.4. The van der Waals surface area contributed by atoms with Crippen LogP contribution in [0.1, 0.15) is 49.9 Å². The predicted octanol–water partition coefficient (Wildman–Crippen LogP) is 6.75. The fraction of sp³-hybridized carbons (Fsp3) is 0.321. The van der Waals surface area contributed by atoms with E-state index < -0.39 is 0 Å². The molecule has 0 saturated heterocycles. The third kappa shape index (κ3) is 4.81. The minimum Gasteiger partial charge on any atom is -0.326 e. The zero-order valence-electron chi connectivity index (χ0n) is 18.6. The minimum absolute atomic E-state index is 0.507. The summed E-state index contributed by atoms with van der Waals surface area (Å²) in [5.74, 6) is 1.01. The van der Waals surface area contributed by atoms with Crippen molar-refractivity contribution in [3.05, 3.63) is 82.9 Å². The number of hydrogen-bond acceptors (Lipinski definition) is 2. The zero-order valence-corrected chi connectivity index (χ0v) is 18.6. The maximum absolute atomic E-state index is 9.65. The molecule has 0 aliphatic carbocycles. The van der Waals surface area contributed by atoms with Crippen molar-refractivity contribution in [3.8, 4) is 28.3 Å². The van der Waals surface area contributed by atoms with E-state index in [0.29, 0.717) is 18.4 Å². The highest BCUT2D eigenvalue weighted by molar-refractivity contribution is 5.88. The van der Waals surface area contributed by atoms with Gasteiger partial charge in [0.15, 0.2) is 0 Å². The van der Waals surface area contributed by atoms with Gasteiger partial charge in [-0.3, -0.25) is 0 Å². The molecule has 0 spiro atoms. The molecule has 2 N–H and O–H groups in total. The van der Waals surface area contributed by atoms with Crippen LogP contribution in [0.2, 0.25) is 0 Å². The third-order valence-corrected chi connectivity index (χ3v) is 5.41. The van der Waals surface area contributed by atoms with Gasteiger partial charge >= 0.3 is 0 Å². The highest BCUT2D eigenvalue weighted by Crippen LogP contribution is 2.39. The van der Waals surface area contributed by atoms with Crippen molar-refractivity contribution in [1.29, 1.82) is 5.26 Å². The van der Waals surface area contributed by atoms with E-state index in [2.05, 4.69) is 88.4 Å². The van der Waals surface area contributed by atoms with Gasteiger partial charge in [0.25, 0.3) is 0 Å². The summed E-state index contributed by atoms with van der Waals surface area (Å²) in [6.07, 6.45) is 1.89. The topological polar surface area (TPSA) is 49.8 Å². The van der Waals surface area contributed by atoms with Gasteiger partial charge in [0.1, 0.15) is 0 Å². The lowest BCUT2D eigenvalue weighted by molar-refractivity contribution is 0.637. The van der Waals surface area contributed by atoms with Crippen LogP contribution in [0.15, 0.2) is 60.7 Å². The smallest absolute Gasteiger partial charge is 0.0991 e. The second kappa shape index (κ2) is 9.74. The van der Waals surface area contributed by atoms with Gasteiger partial charge < -0.3 is 5.73 Å². The average Bonchev–Trinajstić information content (AvgIpc) is 2.72. The maximum Gasteiger partial charge on any atom is 0.0991 e. The monoisotopic (exact) mass is 396 g/mol. The van der Waals surface area contributed by atoms with Crippen LogP contribution in [0.5, 0.6) is 0 Å². The minimum atomic E-state index is 0.507. The number of rotatable bonds is 7. The van der Waals surface area contributed by atoms with Gasteiger partial charge in [-0.1, -0.05) is 76.2 Å². The highest BCUT2D eigenvalue weighted by Gasteiger charge is 2.19. The molecule has 0 unspecified atom stereocenters. The van der Waals surface area contributed by atoms with E-state index in [1.165, 1.54) is 33.4 Å². The predicted molar refractivity (Wildman–Crippen MR) is 127 cm³/mol. The normalized spacial score (nSPS) is 11.1. The molecular formula is C28H32N2. The second-order valence-electron chi connectivity index (χ2n) is 8.88. The standard InChI is InChI=1S/C28H32N2/c1-19(2)13-23-15-21(17-29)16-24(14-20(3)4)28(23)27-12-8-7-11-26(27)25-10-6-5-9-22(25)18-30/h5-12,15-16,19-20H,13-14,18,30H2,1-4H3. The van der Waals surface area contributed by atoms with Gasteiger partial charge in [0.05, 0.1) is 11.6 Å². The molecule has 0 heterocycles. The SMILES string of the molecule is CC(C)Cc1cc(C#N)cc(CC(C)C)c1-c1ccccc1-c1ccccc1CN. The molecule has 0 bridgehead atoms. The van der Waals surface area contributed by atoms with E-state index in [4.69, 9.17) is 5.73 Å². The van der Waals surface area contributed by atoms with Crippen molar-refractivity contribution in [2.75, 3.05) is 0 Å². The summed E-state index contributed by atoms with van der Waals surface area (Å²) < 4.78 is 0. The number of benzene rings is 3. The lowest BCUT2D eigenvalue weighted by atomic mass is 9.82. The van der Waals surface area contributed by atoms with Gasteiger partial charge in [-0.15, -0.1) is 0 Å². The van der Waals surface area contributed by atoms with Crippen molar-refractivity contribution in [2.45, 2.75) is 47.1 Å². The van der Waals surface area contributed by atoms with E-state index in [0.717, 1.165) is 24.0 Å². The van der Waals surface area contributed by atoms with Crippen molar-refractivity contribution in [3.63, 3.8) is 0 Å². The van der Waals surface area contributed by atoms with E-state index >= 15 is 0 Å². The first-order valence-electron chi connectivity index (χ1n) is 10.9. The van der Waals surface area contributed by atoms with Gasteiger partial charge in [-0.2, -0.15) is 5.26 Å². The van der Waals surface area contributed by atoms with Crippen molar-refractivity contribution >= 4 is 0 Å². The van der Waals surface area contributed by atoms with Crippen LogP contribution in [0.3, 0.4) is 0 Å². The first-order valence-corrected chi connectivity index (χ1v) is 10.9. The Hall–Kier alpha value is -2.89. The Labute approximate surface area is 181 Å². The van der Waals surface area contributed by atoms with Gasteiger partial charge in [-0.25, -0.2) is 0 Å². The van der Waals surface area contributed by atoms with Crippen LogP contribution in [-0.2, 0) is 19.4 Å². The van der Waals surface area contributed by atoms with Crippen LogP contribution in [0.4, 0.5) is 0 Å². The fourth-order valence-electron chi connectivity index (χ4n) is 4.28. The number of nitrogens with zero attached hydrogens (tertiary/aromatic N) is 1. The number of nitriles is 1. The van der Waals surface area contributed by atoms with E-state index in [-0.39, 0.29) is 0 Å². The molecule has 0 amide bonds. The molecule has 0 fully saturated rings. The Kier molecular flexibility index (Phi) is 7.08. The quantitative estimate of drug-likeness (QED) is 0.480. The molecule has 2 heteroatoms. The largest absolute Gasteiger partial charge is 0.326 e. The molecule has 0 aliphatic heterocycles. The van der Waals surface area contributed by atoms with Crippen molar-refractivity contribution in [1.82, 2.24) is 0 Å². The summed E-state index contributed by atoms with van der Waals surface area (Å²) in [6.45, 7) is 9.46. The molecule has 3 rings (SSSR count). The summed E-state index contributed by atoms with van der Waals surface area (Å²) in [5, 5.41) is 9.65. The lowest BCUT2D eigenvalue weighted by Gasteiger charge is -2.22. The summed E-state index contributed by atoms with van der Waals surface area (Å²) in [4.78, 5) is 0. The van der Waals surface area contributed by atoms with Gasteiger partial charge in [-0.05, 0) is 75.8 Å². The van der Waals surface area contributed by atoms with Crippen molar-refractivity contribution in [2.24, 2.45) is 17.6 Å². The third-order valence-electron chi connectivity index (χ3n) is 5.41. The second-order valence-corrected chi connectivity index (χ2v) is 8.88. The van der Waals surface area contributed by atoms with Crippen LogP contribution < -0.4 is 5.73 Å². The van der Waals surface area contributed by atoms with E-state index in [1.807, 2.05) is 6.07 Å². The molecule has 154 valence electrons. The Morgan fingerprint density at radius 3 is 1.73 bits per heavy atom. The molecule has 0 saturated carbocycles. The van der Waals surface area contributed by atoms with Crippen LogP contribution >= 0.6 is 0 Å². The average molecular weight is 397 g/mol. The van der Waals surface area contributed by atoms with Crippen LogP contribution in [-0.4, -0.2) is 0 Å². The van der Waals surface area contributed by atoms with Crippen LogP contribution in [0.25, 0.3) is 22.3 Å². The molecule has 30 heavy (non-hydrogen) atoms. The first-order chi connectivity index (χ1) is 14.4. The molecule has 2 nitrogen and oxygen atoms in total. The molecule has 3 aromatic carbocycles. The molecule has 0 radical (unpaired) electrons. The highest BCUT2D eigenvalue weighted by atomic mass is 14.5. The Bertz CT molecular complexity index is 1020. The molecular weight excluding hydrogens is 364 g/mol. The molecule has 0 aromatic heterocycles. The van der Waals surface area contributed by atoms with E-state index in [9.17, 15) is 5.26 Å². The fourth-order valence-corrected chi connectivity index (χ4v) is 4.28. The maximum atomic E-state index is 9.65. The Morgan fingerprint density at radius 2 is 1.23 bits per heavy atom. The summed E-state index contributed by atoms with van der Waals surface area (Å²) >= 11 is 0. The summed E-state index contributed by atoms with van der Waals surface area (Å²) in [7, 11) is 0. The van der Waals surface area contributed by atoms with Crippen molar-refractivity contribution < 1.29 is 0 Å². The zero-order chi connectivity index (χ0) is 21.7. The molecule has 0 aliphatic rings. The number of nitrogens with two attached hydrogens (primary N) is 1. The van der Waals surface area contributed by atoms with Gasteiger partial charge in [0, 0.05) is 6.54 Å². The Balaban J connectivity index is 2.34. The molecule has 3 aromatic rings.